The van der Waals surface area contributed by atoms with Gasteiger partial charge in [0.1, 0.15) is 6.61 Å². The number of carbonyl (C=O) groups excluding carboxylic acids is 3. The summed E-state index contributed by atoms with van der Waals surface area (Å²) in [6.45, 7) is -0.0121. The molecule has 0 bridgehead atoms. The minimum absolute atomic E-state index is 0.0121. The highest BCUT2D eigenvalue weighted by Crippen LogP contribution is 2.34. The second kappa shape index (κ2) is 8.35. The number of nitrogens with zero attached hydrogens (tertiary/aromatic N) is 1. The molecule has 4 aromatic rings. The number of amides is 2. The first-order chi connectivity index (χ1) is 15.9. The largest absolute Gasteiger partial charge is 0.457 e. The van der Waals surface area contributed by atoms with Crippen LogP contribution in [0.3, 0.4) is 0 Å². The lowest BCUT2D eigenvalue weighted by molar-refractivity contribution is 0.0472. The molecular weight excluding hydrogens is 461 g/mol. The van der Waals surface area contributed by atoms with Gasteiger partial charge in [-0.25, -0.2) is 9.69 Å². The van der Waals surface area contributed by atoms with Gasteiger partial charge in [-0.15, -0.1) is 0 Å². The fourth-order valence-corrected chi connectivity index (χ4v) is 4.17. The number of benzene rings is 4. The molecule has 0 spiro atoms. The molecule has 4 aromatic carbocycles. The number of esters is 1. The van der Waals surface area contributed by atoms with Crippen molar-refractivity contribution in [3.63, 3.8) is 0 Å². The molecule has 0 saturated carbocycles. The molecule has 2 amide bonds. The van der Waals surface area contributed by atoms with Gasteiger partial charge in [-0.2, -0.15) is 0 Å². The summed E-state index contributed by atoms with van der Waals surface area (Å²) >= 11 is 11.9. The van der Waals surface area contributed by atoms with Gasteiger partial charge in [-0.3, -0.25) is 9.59 Å². The average molecular weight is 476 g/mol. The average Bonchev–Trinajstić information content (AvgIpc) is 3.08. The van der Waals surface area contributed by atoms with Crippen molar-refractivity contribution in [2.45, 2.75) is 6.61 Å². The Bertz CT molecular complexity index is 1460. The van der Waals surface area contributed by atoms with Crippen molar-refractivity contribution < 1.29 is 19.1 Å². The molecule has 1 heterocycles. The zero-order valence-electron chi connectivity index (χ0n) is 17.0. The Labute approximate surface area is 199 Å². The molecule has 5 rings (SSSR count). The Kier molecular flexibility index (Phi) is 5.36. The number of imide groups is 1. The molecule has 0 atom stereocenters. The molecule has 0 fully saturated rings. The predicted octanol–water partition coefficient (Wildman–Crippen LogP) is 6.30. The summed E-state index contributed by atoms with van der Waals surface area (Å²) in [6.07, 6.45) is 0. The molecule has 1 aliphatic rings. The Morgan fingerprint density at radius 3 is 2.36 bits per heavy atom. The van der Waals surface area contributed by atoms with Crippen LogP contribution in [0.4, 0.5) is 5.69 Å². The summed E-state index contributed by atoms with van der Waals surface area (Å²) in [4.78, 5) is 40.0. The van der Waals surface area contributed by atoms with E-state index in [1.165, 1.54) is 18.2 Å². The molecule has 0 unspecified atom stereocenters. The molecular formula is C26H15Cl2NO4. The number of hydrogen-bond acceptors (Lipinski definition) is 4. The van der Waals surface area contributed by atoms with Gasteiger partial charge in [0.2, 0.25) is 0 Å². The lowest BCUT2D eigenvalue weighted by Gasteiger charge is -2.16. The van der Waals surface area contributed by atoms with Crippen molar-refractivity contribution in [1.29, 1.82) is 0 Å². The number of carbonyl (C=O) groups is 3. The summed E-state index contributed by atoms with van der Waals surface area (Å²) in [5.74, 6) is -1.53. The molecule has 33 heavy (non-hydrogen) atoms. The maximum absolute atomic E-state index is 13.2. The predicted molar refractivity (Wildman–Crippen MR) is 127 cm³/mol. The SMILES string of the molecule is O=C(OCc1ccc(Cl)c(Cl)c1)c1ccc2c(c1)C(=O)N(c1cccc3ccccc13)C2=O. The van der Waals surface area contributed by atoms with Gasteiger partial charge in [0.25, 0.3) is 11.8 Å². The second-order valence-electron chi connectivity index (χ2n) is 7.53. The van der Waals surface area contributed by atoms with E-state index >= 15 is 0 Å². The highest BCUT2D eigenvalue weighted by atomic mass is 35.5. The van der Waals surface area contributed by atoms with Gasteiger partial charge in [-0.05, 0) is 47.3 Å². The molecule has 7 heteroatoms. The normalized spacial score (nSPS) is 12.8. The fourth-order valence-electron chi connectivity index (χ4n) is 3.85. The summed E-state index contributed by atoms with van der Waals surface area (Å²) in [6, 6.07) is 22.3. The quantitative estimate of drug-likeness (QED) is 0.256. The van der Waals surface area contributed by atoms with Crippen LogP contribution in [0, 0.1) is 0 Å². The molecule has 0 saturated heterocycles. The van der Waals surface area contributed by atoms with Crippen molar-refractivity contribution in [3.8, 4) is 0 Å². The smallest absolute Gasteiger partial charge is 0.338 e. The molecule has 0 aliphatic carbocycles. The van der Waals surface area contributed by atoms with Gasteiger partial charge in [0.05, 0.1) is 32.4 Å². The minimum Gasteiger partial charge on any atom is -0.457 e. The maximum atomic E-state index is 13.2. The molecule has 0 N–H and O–H groups in total. The van der Waals surface area contributed by atoms with E-state index in [9.17, 15) is 14.4 Å². The van der Waals surface area contributed by atoms with Gasteiger partial charge in [-0.1, -0.05) is 65.7 Å². The Morgan fingerprint density at radius 2 is 1.55 bits per heavy atom. The number of ether oxygens (including phenoxy) is 1. The first-order valence-corrected chi connectivity index (χ1v) is 10.8. The van der Waals surface area contributed by atoms with Crippen molar-refractivity contribution in [2.75, 3.05) is 4.90 Å². The lowest BCUT2D eigenvalue weighted by atomic mass is 10.1. The van der Waals surface area contributed by atoms with E-state index in [1.807, 2.05) is 30.3 Å². The molecule has 1 aliphatic heterocycles. The number of rotatable bonds is 4. The number of anilines is 1. The van der Waals surface area contributed by atoms with E-state index in [0.717, 1.165) is 15.7 Å². The van der Waals surface area contributed by atoms with Crippen LogP contribution in [0.1, 0.15) is 36.6 Å². The molecule has 0 aromatic heterocycles. The van der Waals surface area contributed by atoms with Crippen molar-refractivity contribution in [3.05, 3.63) is 111 Å². The Hall–Kier alpha value is -3.67. The standard InChI is InChI=1S/C26H15Cl2NO4/c27-21-11-8-15(12-22(21)28)14-33-26(32)17-9-10-19-20(13-17)25(31)29(24(19)30)23-7-3-5-16-4-1-2-6-18(16)23/h1-13H,14H2. The molecule has 5 nitrogen and oxygen atoms in total. The summed E-state index contributed by atoms with van der Waals surface area (Å²) < 4.78 is 5.35. The van der Waals surface area contributed by atoms with Gasteiger partial charge >= 0.3 is 5.97 Å². The van der Waals surface area contributed by atoms with E-state index < -0.39 is 17.8 Å². The zero-order chi connectivity index (χ0) is 23.1. The Balaban J connectivity index is 1.41. The number of halogens is 2. The van der Waals surface area contributed by atoms with E-state index in [2.05, 4.69) is 0 Å². The Morgan fingerprint density at radius 1 is 0.788 bits per heavy atom. The van der Waals surface area contributed by atoms with Crippen LogP contribution in [0.2, 0.25) is 10.0 Å². The van der Waals surface area contributed by atoms with Crippen LogP contribution >= 0.6 is 23.2 Å². The number of hydrogen-bond donors (Lipinski definition) is 0. The third-order valence-corrected chi connectivity index (χ3v) is 6.22. The van der Waals surface area contributed by atoms with Gasteiger partial charge in [0, 0.05) is 5.39 Å². The van der Waals surface area contributed by atoms with Crippen LogP contribution in [0.15, 0.2) is 78.9 Å². The van der Waals surface area contributed by atoms with Crippen LogP contribution < -0.4 is 4.90 Å². The fraction of sp³-hybridized carbons (Fsp3) is 0.0385. The zero-order valence-corrected chi connectivity index (χ0v) is 18.6. The first-order valence-electron chi connectivity index (χ1n) is 10.1. The van der Waals surface area contributed by atoms with E-state index in [0.29, 0.717) is 21.3 Å². The highest BCUT2D eigenvalue weighted by molar-refractivity contribution is 6.42. The van der Waals surface area contributed by atoms with E-state index in [-0.39, 0.29) is 23.3 Å². The monoisotopic (exact) mass is 475 g/mol. The van der Waals surface area contributed by atoms with Crippen LogP contribution in [-0.4, -0.2) is 17.8 Å². The maximum Gasteiger partial charge on any atom is 0.338 e. The highest BCUT2D eigenvalue weighted by Gasteiger charge is 2.38. The second-order valence-corrected chi connectivity index (χ2v) is 8.34. The third kappa shape index (κ3) is 3.75. The van der Waals surface area contributed by atoms with E-state index in [1.54, 1.807) is 30.3 Å². The van der Waals surface area contributed by atoms with Crippen molar-refractivity contribution in [2.24, 2.45) is 0 Å². The number of fused-ring (bicyclic) bond motifs is 2. The summed E-state index contributed by atoms with van der Waals surface area (Å²) in [5.41, 5.74) is 1.76. The van der Waals surface area contributed by atoms with Crippen LogP contribution in [0.5, 0.6) is 0 Å². The topological polar surface area (TPSA) is 63.7 Å². The third-order valence-electron chi connectivity index (χ3n) is 5.48. The van der Waals surface area contributed by atoms with Crippen molar-refractivity contribution >= 4 is 57.4 Å². The van der Waals surface area contributed by atoms with Gasteiger partial charge in [0.15, 0.2) is 0 Å². The van der Waals surface area contributed by atoms with E-state index in [4.69, 9.17) is 27.9 Å². The molecule has 0 radical (unpaired) electrons. The van der Waals surface area contributed by atoms with Crippen LogP contribution in [0.25, 0.3) is 10.8 Å². The summed E-state index contributed by atoms with van der Waals surface area (Å²) in [7, 11) is 0. The molecule has 162 valence electrons. The first kappa shape index (κ1) is 21.2. The summed E-state index contributed by atoms with van der Waals surface area (Å²) in [5, 5.41) is 2.47. The van der Waals surface area contributed by atoms with Gasteiger partial charge < -0.3 is 4.74 Å². The van der Waals surface area contributed by atoms with Crippen LogP contribution in [-0.2, 0) is 11.3 Å². The lowest BCUT2D eigenvalue weighted by Crippen LogP contribution is -2.29. The minimum atomic E-state index is -0.618. The van der Waals surface area contributed by atoms with Crippen molar-refractivity contribution in [1.82, 2.24) is 0 Å².